The standard InChI is InChI=1S/C23H27F3N6/c1-4-31-8-10-32(11-9-31)20-12-18-19(13-27-20)15(3)29-30-23(18)28-14(2)16-6-5-7-17(21(16)24)22(25)26/h5-7,12-14,22H,4,8-11H2,1-3H3,(H,28,30)/t14-/m1/s1. The number of aromatic nitrogens is 3. The Morgan fingerprint density at radius 2 is 1.78 bits per heavy atom. The maximum atomic E-state index is 14.6. The van der Waals surface area contributed by atoms with E-state index in [2.05, 4.69) is 37.2 Å². The maximum absolute atomic E-state index is 14.6. The summed E-state index contributed by atoms with van der Waals surface area (Å²) >= 11 is 0. The second-order valence-corrected chi connectivity index (χ2v) is 8.06. The molecular formula is C23H27F3N6. The fourth-order valence-corrected chi connectivity index (χ4v) is 4.09. The van der Waals surface area contributed by atoms with Crippen LogP contribution in [0.25, 0.3) is 10.8 Å². The van der Waals surface area contributed by atoms with E-state index in [0.29, 0.717) is 5.82 Å². The van der Waals surface area contributed by atoms with Gasteiger partial charge < -0.3 is 15.1 Å². The fraction of sp³-hybridized carbons (Fsp3) is 0.435. The van der Waals surface area contributed by atoms with Crippen LogP contribution in [0, 0.1) is 12.7 Å². The van der Waals surface area contributed by atoms with E-state index in [9.17, 15) is 13.2 Å². The fourth-order valence-electron chi connectivity index (χ4n) is 4.09. The van der Waals surface area contributed by atoms with E-state index in [1.807, 2.05) is 13.0 Å². The Morgan fingerprint density at radius 1 is 1.06 bits per heavy atom. The average Bonchev–Trinajstić information content (AvgIpc) is 2.80. The van der Waals surface area contributed by atoms with Crippen molar-refractivity contribution in [1.29, 1.82) is 0 Å². The molecule has 0 radical (unpaired) electrons. The Morgan fingerprint density at radius 3 is 2.47 bits per heavy atom. The van der Waals surface area contributed by atoms with Gasteiger partial charge in [0.25, 0.3) is 6.43 Å². The molecule has 170 valence electrons. The first-order valence-electron chi connectivity index (χ1n) is 10.8. The molecule has 1 fully saturated rings. The Labute approximate surface area is 185 Å². The predicted molar refractivity (Wildman–Crippen MR) is 120 cm³/mol. The number of alkyl halides is 2. The van der Waals surface area contributed by atoms with Crippen molar-refractivity contribution in [1.82, 2.24) is 20.1 Å². The number of nitrogens with one attached hydrogen (secondary N) is 1. The van der Waals surface area contributed by atoms with E-state index in [1.54, 1.807) is 13.1 Å². The summed E-state index contributed by atoms with van der Waals surface area (Å²) in [5.74, 6) is 0.418. The lowest BCUT2D eigenvalue weighted by molar-refractivity contribution is 0.146. The minimum atomic E-state index is -2.87. The van der Waals surface area contributed by atoms with Gasteiger partial charge in [-0.05, 0) is 26.5 Å². The van der Waals surface area contributed by atoms with Crippen LogP contribution in [-0.2, 0) is 0 Å². The van der Waals surface area contributed by atoms with Gasteiger partial charge in [-0.2, -0.15) is 5.10 Å². The number of hydrogen-bond donors (Lipinski definition) is 1. The summed E-state index contributed by atoms with van der Waals surface area (Å²) in [5.41, 5.74) is 0.288. The van der Waals surface area contributed by atoms with Crippen LogP contribution in [0.15, 0.2) is 30.5 Å². The van der Waals surface area contributed by atoms with Crippen molar-refractivity contribution in [3.8, 4) is 0 Å². The van der Waals surface area contributed by atoms with Crippen LogP contribution in [0.4, 0.5) is 24.8 Å². The minimum absolute atomic E-state index is 0.156. The quantitative estimate of drug-likeness (QED) is 0.594. The van der Waals surface area contributed by atoms with Gasteiger partial charge in [0.05, 0.1) is 17.3 Å². The topological polar surface area (TPSA) is 57.2 Å². The van der Waals surface area contributed by atoms with Crippen molar-refractivity contribution >= 4 is 22.4 Å². The molecule has 1 aliphatic heterocycles. The normalized spacial score (nSPS) is 16.0. The molecule has 1 N–H and O–H groups in total. The summed E-state index contributed by atoms with van der Waals surface area (Å²) in [6.45, 7) is 10.5. The van der Waals surface area contributed by atoms with Gasteiger partial charge >= 0.3 is 0 Å². The van der Waals surface area contributed by atoms with Crippen LogP contribution >= 0.6 is 0 Å². The molecule has 0 bridgehead atoms. The summed E-state index contributed by atoms with van der Waals surface area (Å²) in [5, 5.41) is 13.3. The number of piperazine rings is 1. The third kappa shape index (κ3) is 4.34. The van der Waals surface area contributed by atoms with Crippen molar-refractivity contribution in [3.05, 3.63) is 53.1 Å². The number of anilines is 2. The third-order valence-corrected chi connectivity index (χ3v) is 6.09. The largest absolute Gasteiger partial charge is 0.361 e. The van der Waals surface area contributed by atoms with Crippen molar-refractivity contribution in [2.24, 2.45) is 0 Å². The number of benzene rings is 1. The zero-order valence-corrected chi connectivity index (χ0v) is 18.4. The van der Waals surface area contributed by atoms with Gasteiger partial charge in [0, 0.05) is 48.7 Å². The van der Waals surface area contributed by atoms with E-state index < -0.39 is 23.8 Å². The molecule has 0 unspecified atom stereocenters. The summed E-state index contributed by atoms with van der Waals surface area (Å²) in [6, 6.07) is 5.43. The highest BCUT2D eigenvalue weighted by Crippen LogP contribution is 2.31. The lowest BCUT2D eigenvalue weighted by Crippen LogP contribution is -2.46. The summed E-state index contributed by atoms with van der Waals surface area (Å²) < 4.78 is 40.9. The molecule has 0 aliphatic carbocycles. The van der Waals surface area contributed by atoms with Crippen LogP contribution in [-0.4, -0.2) is 52.8 Å². The molecule has 1 atom stereocenters. The smallest absolute Gasteiger partial charge is 0.266 e. The van der Waals surface area contributed by atoms with Gasteiger partial charge in [-0.1, -0.05) is 25.1 Å². The van der Waals surface area contributed by atoms with E-state index in [1.165, 1.54) is 12.1 Å². The van der Waals surface area contributed by atoms with Gasteiger partial charge in [0.1, 0.15) is 11.6 Å². The molecule has 2 aromatic heterocycles. The molecule has 0 spiro atoms. The van der Waals surface area contributed by atoms with Gasteiger partial charge in [-0.25, -0.2) is 18.2 Å². The number of aryl methyl sites for hydroxylation is 1. The van der Waals surface area contributed by atoms with E-state index in [0.717, 1.165) is 61.1 Å². The molecule has 3 heterocycles. The maximum Gasteiger partial charge on any atom is 0.266 e. The second kappa shape index (κ2) is 9.28. The molecular weight excluding hydrogens is 417 g/mol. The van der Waals surface area contributed by atoms with Crippen LogP contribution in [0.2, 0.25) is 0 Å². The van der Waals surface area contributed by atoms with E-state index in [-0.39, 0.29) is 5.56 Å². The Hall–Kier alpha value is -2.94. The minimum Gasteiger partial charge on any atom is -0.361 e. The van der Waals surface area contributed by atoms with Crippen LogP contribution in [0.5, 0.6) is 0 Å². The van der Waals surface area contributed by atoms with Gasteiger partial charge in [0.2, 0.25) is 0 Å². The molecule has 0 amide bonds. The van der Waals surface area contributed by atoms with E-state index >= 15 is 0 Å². The predicted octanol–water partition coefficient (Wildman–Crippen LogP) is 4.72. The van der Waals surface area contributed by atoms with E-state index in [4.69, 9.17) is 0 Å². The number of rotatable bonds is 6. The monoisotopic (exact) mass is 444 g/mol. The Bertz CT molecular complexity index is 1100. The lowest BCUT2D eigenvalue weighted by atomic mass is 10.0. The summed E-state index contributed by atoms with van der Waals surface area (Å²) in [7, 11) is 0. The third-order valence-electron chi connectivity index (χ3n) is 6.09. The van der Waals surface area contributed by atoms with Crippen molar-refractivity contribution < 1.29 is 13.2 Å². The molecule has 32 heavy (non-hydrogen) atoms. The first kappa shape index (κ1) is 22.3. The van der Waals surface area contributed by atoms with Crippen molar-refractivity contribution in [2.45, 2.75) is 33.2 Å². The Balaban J connectivity index is 1.65. The first-order chi connectivity index (χ1) is 15.4. The molecule has 1 aliphatic rings. The number of fused-ring (bicyclic) bond motifs is 1. The highest BCUT2D eigenvalue weighted by atomic mass is 19.3. The molecule has 6 nitrogen and oxygen atoms in total. The van der Waals surface area contributed by atoms with Gasteiger partial charge in [-0.3, -0.25) is 0 Å². The lowest BCUT2D eigenvalue weighted by Gasteiger charge is -2.34. The molecule has 4 rings (SSSR count). The zero-order chi connectivity index (χ0) is 22.8. The SMILES string of the molecule is CCN1CCN(c2cc3c(N[C@H](C)c4cccc(C(F)F)c4F)nnc(C)c3cn2)CC1. The summed E-state index contributed by atoms with van der Waals surface area (Å²) in [4.78, 5) is 9.26. The summed E-state index contributed by atoms with van der Waals surface area (Å²) in [6.07, 6.45) is -1.08. The highest BCUT2D eigenvalue weighted by Gasteiger charge is 2.22. The molecule has 1 saturated heterocycles. The first-order valence-corrected chi connectivity index (χ1v) is 10.8. The molecule has 9 heteroatoms. The molecule has 3 aromatic rings. The number of pyridine rings is 1. The average molecular weight is 445 g/mol. The van der Waals surface area contributed by atoms with Crippen LogP contribution in [0.1, 0.15) is 43.1 Å². The number of halogens is 3. The number of likely N-dealkylation sites (N-methyl/N-ethyl adjacent to an activating group) is 1. The van der Waals surface area contributed by atoms with Gasteiger partial charge in [0.15, 0.2) is 5.82 Å². The van der Waals surface area contributed by atoms with Crippen LogP contribution < -0.4 is 10.2 Å². The molecule has 0 saturated carbocycles. The Kier molecular flexibility index (Phi) is 6.45. The number of hydrogen-bond acceptors (Lipinski definition) is 6. The number of nitrogens with zero attached hydrogens (tertiary/aromatic N) is 5. The van der Waals surface area contributed by atoms with Gasteiger partial charge in [-0.15, -0.1) is 5.10 Å². The second-order valence-electron chi connectivity index (χ2n) is 8.06. The zero-order valence-electron chi connectivity index (χ0n) is 18.4. The molecule has 1 aromatic carbocycles. The highest BCUT2D eigenvalue weighted by molar-refractivity contribution is 5.94. The van der Waals surface area contributed by atoms with Crippen molar-refractivity contribution in [2.75, 3.05) is 42.9 Å². The van der Waals surface area contributed by atoms with Crippen molar-refractivity contribution in [3.63, 3.8) is 0 Å². The van der Waals surface area contributed by atoms with Crippen LogP contribution in [0.3, 0.4) is 0 Å².